The van der Waals surface area contributed by atoms with Crippen LogP contribution < -0.4 is 9.47 Å². The van der Waals surface area contributed by atoms with Crippen LogP contribution in [0.4, 0.5) is 17.6 Å². The molecule has 0 radical (unpaired) electrons. The van der Waals surface area contributed by atoms with Crippen LogP contribution in [0.25, 0.3) is 6.08 Å². The molecule has 1 amide bonds. The predicted molar refractivity (Wildman–Crippen MR) is 99.1 cm³/mol. The maximum atomic E-state index is 12.6. The van der Waals surface area contributed by atoms with Gasteiger partial charge < -0.3 is 14.4 Å². The third-order valence-corrected chi connectivity index (χ3v) is 5.30. The van der Waals surface area contributed by atoms with E-state index in [-0.39, 0.29) is 23.0 Å². The van der Waals surface area contributed by atoms with E-state index in [1.165, 1.54) is 50.0 Å². The maximum Gasteiger partial charge on any atom is 0.387 e. The second-order valence-electron chi connectivity index (χ2n) is 7.09. The monoisotopic (exact) mass is 416 g/mol. The average Bonchev–Trinajstić information content (AvgIpc) is 3.21. The molecule has 29 heavy (non-hydrogen) atoms. The summed E-state index contributed by atoms with van der Waals surface area (Å²) in [6.07, 6.45) is 7.58. The number of hydrogen-bond acceptors (Lipinski definition) is 4. The molecule has 9 heteroatoms. The number of carbonyl (C=O) groups excluding carboxylic acids is 1. The fourth-order valence-electron chi connectivity index (χ4n) is 3.87. The first-order chi connectivity index (χ1) is 13.9. The minimum absolute atomic E-state index is 0.171. The Kier molecular flexibility index (Phi) is 7.35. The topological polar surface area (TPSA) is 42.0 Å². The predicted octanol–water partition coefficient (Wildman–Crippen LogP) is 3.99. The Labute approximate surface area is 166 Å². The molecule has 3 rings (SSSR count). The first-order valence-corrected chi connectivity index (χ1v) is 9.67. The number of benzene rings is 1. The Bertz CT molecular complexity index is 716. The average molecular weight is 416 g/mol. The van der Waals surface area contributed by atoms with Gasteiger partial charge >= 0.3 is 13.2 Å². The van der Waals surface area contributed by atoms with Crippen LogP contribution >= 0.6 is 0 Å². The van der Waals surface area contributed by atoms with Crippen molar-refractivity contribution >= 4 is 12.0 Å². The summed E-state index contributed by atoms with van der Waals surface area (Å²) in [7, 11) is 0. The maximum absolute atomic E-state index is 12.6. The lowest BCUT2D eigenvalue weighted by Crippen LogP contribution is -2.51. The van der Waals surface area contributed by atoms with Gasteiger partial charge in [0.05, 0.1) is 0 Å². The van der Waals surface area contributed by atoms with Gasteiger partial charge in [-0.25, -0.2) is 0 Å². The Hall–Kier alpha value is -2.29. The fraction of sp³-hybridized carbons (Fsp3) is 0.550. The smallest absolute Gasteiger partial charge is 0.387 e. The van der Waals surface area contributed by atoms with E-state index in [0.717, 1.165) is 19.2 Å². The van der Waals surface area contributed by atoms with Crippen LogP contribution in [0.2, 0.25) is 0 Å². The molecule has 2 fully saturated rings. The molecule has 1 aliphatic carbocycles. The van der Waals surface area contributed by atoms with Crippen molar-refractivity contribution in [2.45, 2.75) is 44.9 Å². The molecule has 1 heterocycles. The van der Waals surface area contributed by atoms with Crippen molar-refractivity contribution < 1.29 is 31.8 Å². The van der Waals surface area contributed by atoms with Crippen molar-refractivity contribution in [2.75, 3.05) is 26.2 Å². The highest BCUT2D eigenvalue weighted by Gasteiger charge is 2.27. The summed E-state index contributed by atoms with van der Waals surface area (Å²) >= 11 is 0. The molecule has 2 aliphatic rings. The lowest BCUT2D eigenvalue weighted by Gasteiger charge is -2.37. The zero-order valence-electron chi connectivity index (χ0n) is 15.9. The van der Waals surface area contributed by atoms with Gasteiger partial charge in [0.25, 0.3) is 0 Å². The van der Waals surface area contributed by atoms with Crippen LogP contribution in [-0.4, -0.2) is 61.2 Å². The largest absolute Gasteiger partial charge is 0.435 e. The van der Waals surface area contributed by atoms with Gasteiger partial charge in [0, 0.05) is 49.9 Å². The number of piperazine rings is 1. The molecule has 1 aromatic rings. The number of ether oxygens (including phenoxy) is 2. The quantitative estimate of drug-likeness (QED) is 0.498. The summed E-state index contributed by atoms with van der Waals surface area (Å²) in [5, 5.41) is 0. The molecule has 0 N–H and O–H groups in total. The molecule has 1 aromatic carbocycles. The van der Waals surface area contributed by atoms with Crippen LogP contribution in [0, 0.1) is 0 Å². The number of nitrogens with zero attached hydrogens (tertiary/aromatic N) is 2. The second-order valence-corrected chi connectivity index (χ2v) is 7.09. The fourth-order valence-corrected chi connectivity index (χ4v) is 3.87. The molecule has 1 aliphatic heterocycles. The van der Waals surface area contributed by atoms with Crippen molar-refractivity contribution in [3.8, 4) is 11.5 Å². The third kappa shape index (κ3) is 6.09. The van der Waals surface area contributed by atoms with E-state index in [4.69, 9.17) is 0 Å². The van der Waals surface area contributed by atoms with Crippen LogP contribution in [0.1, 0.15) is 31.2 Å². The van der Waals surface area contributed by atoms with Gasteiger partial charge in [-0.05, 0) is 31.1 Å². The van der Waals surface area contributed by atoms with E-state index in [2.05, 4.69) is 14.4 Å². The molecule has 160 valence electrons. The molecule has 1 saturated heterocycles. The van der Waals surface area contributed by atoms with Gasteiger partial charge in [0.15, 0.2) is 0 Å². The normalized spacial score (nSPS) is 18.9. The van der Waals surface area contributed by atoms with Gasteiger partial charge in [0.1, 0.15) is 11.5 Å². The molecule has 0 aromatic heterocycles. The van der Waals surface area contributed by atoms with Crippen molar-refractivity contribution in [3.63, 3.8) is 0 Å². The number of hydrogen-bond donors (Lipinski definition) is 0. The first kappa shape index (κ1) is 21.4. The molecule has 5 nitrogen and oxygen atoms in total. The van der Waals surface area contributed by atoms with E-state index in [0.29, 0.717) is 19.1 Å². The summed E-state index contributed by atoms with van der Waals surface area (Å²) in [6, 6.07) is 4.06. The SMILES string of the molecule is O=C(/C=C/c1ccc(OC(F)F)cc1OC(F)F)N1CCN(C2CCCC2)CC1. The van der Waals surface area contributed by atoms with Gasteiger partial charge in [-0.2, -0.15) is 17.6 Å². The Morgan fingerprint density at radius 1 is 1.00 bits per heavy atom. The highest BCUT2D eigenvalue weighted by atomic mass is 19.3. The van der Waals surface area contributed by atoms with Gasteiger partial charge in [-0.1, -0.05) is 12.8 Å². The summed E-state index contributed by atoms with van der Waals surface area (Å²) in [4.78, 5) is 16.6. The first-order valence-electron chi connectivity index (χ1n) is 9.67. The van der Waals surface area contributed by atoms with E-state index in [1.54, 1.807) is 4.90 Å². The van der Waals surface area contributed by atoms with Crippen LogP contribution in [-0.2, 0) is 4.79 Å². The zero-order valence-corrected chi connectivity index (χ0v) is 15.9. The van der Waals surface area contributed by atoms with E-state index in [9.17, 15) is 22.4 Å². The van der Waals surface area contributed by atoms with E-state index >= 15 is 0 Å². The number of alkyl halides is 4. The summed E-state index contributed by atoms with van der Waals surface area (Å²) in [5.41, 5.74) is 0.171. The molecule has 0 unspecified atom stereocenters. The minimum Gasteiger partial charge on any atom is -0.435 e. The molecular formula is C20H24F4N2O3. The summed E-state index contributed by atoms with van der Waals surface area (Å²) < 4.78 is 58.5. The summed E-state index contributed by atoms with van der Waals surface area (Å²) in [5.74, 6) is -0.873. The van der Waals surface area contributed by atoms with Crippen LogP contribution in [0.15, 0.2) is 24.3 Å². The number of amides is 1. The zero-order chi connectivity index (χ0) is 20.8. The van der Waals surface area contributed by atoms with Crippen LogP contribution in [0.3, 0.4) is 0 Å². The van der Waals surface area contributed by atoms with Crippen molar-refractivity contribution in [1.29, 1.82) is 0 Å². The lowest BCUT2D eigenvalue weighted by atomic mass is 10.1. The number of rotatable bonds is 7. The van der Waals surface area contributed by atoms with Gasteiger partial charge in [-0.3, -0.25) is 9.69 Å². The Morgan fingerprint density at radius 3 is 2.28 bits per heavy atom. The minimum atomic E-state index is -3.14. The second kappa shape index (κ2) is 9.96. The third-order valence-electron chi connectivity index (χ3n) is 5.30. The number of carbonyl (C=O) groups is 1. The molecule has 0 bridgehead atoms. The number of halogens is 4. The standard InChI is InChI=1S/C20H24F4N2O3/c21-19(22)28-16-7-5-14(17(13-16)29-20(23)24)6-8-18(27)26-11-9-25(10-12-26)15-3-1-2-4-15/h5-8,13,15,19-20H,1-4,9-12H2/b8-6+. The Balaban J connectivity index is 1.61. The van der Waals surface area contributed by atoms with Gasteiger partial charge in [-0.15, -0.1) is 0 Å². The van der Waals surface area contributed by atoms with E-state index < -0.39 is 13.2 Å². The van der Waals surface area contributed by atoms with Crippen molar-refractivity contribution in [2.24, 2.45) is 0 Å². The lowest BCUT2D eigenvalue weighted by molar-refractivity contribution is -0.128. The van der Waals surface area contributed by atoms with Crippen LogP contribution in [0.5, 0.6) is 11.5 Å². The Morgan fingerprint density at radius 2 is 1.66 bits per heavy atom. The molecule has 0 atom stereocenters. The highest BCUT2D eigenvalue weighted by Crippen LogP contribution is 2.29. The highest BCUT2D eigenvalue weighted by molar-refractivity contribution is 5.92. The summed E-state index contributed by atoms with van der Waals surface area (Å²) in [6.45, 7) is -3.35. The van der Waals surface area contributed by atoms with E-state index in [1.807, 2.05) is 0 Å². The molecular weight excluding hydrogens is 392 g/mol. The molecule has 0 spiro atoms. The van der Waals surface area contributed by atoms with Crippen molar-refractivity contribution in [3.05, 3.63) is 29.8 Å². The van der Waals surface area contributed by atoms with Gasteiger partial charge in [0.2, 0.25) is 5.91 Å². The molecule has 1 saturated carbocycles. The van der Waals surface area contributed by atoms with Crippen molar-refractivity contribution in [1.82, 2.24) is 9.80 Å².